The zero-order chi connectivity index (χ0) is 13.0. The van der Waals surface area contributed by atoms with Gasteiger partial charge >= 0.3 is 6.03 Å². The molecular formula is C13H12N4O. The average molecular weight is 240 g/mol. The van der Waals surface area contributed by atoms with Gasteiger partial charge in [0.1, 0.15) is 0 Å². The number of carbonyl (C=O) groups excluding carboxylic acids is 1. The molecule has 0 fully saturated rings. The molecule has 0 saturated carbocycles. The molecule has 5 nitrogen and oxygen atoms in total. The molecule has 0 saturated heterocycles. The van der Waals surface area contributed by atoms with Gasteiger partial charge in [0.25, 0.3) is 0 Å². The van der Waals surface area contributed by atoms with Crippen LogP contribution in [0.1, 0.15) is 5.56 Å². The summed E-state index contributed by atoms with van der Waals surface area (Å²) in [5, 5.41) is 4.77. The van der Waals surface area contributed by atoms with Crippen LogP contribution in [-0.2, 0) is 6.54 Å². The number of nitrogens with zero attached hydrogens (tertiary/aromatic N) is 2. The molecule has 0 radical (unpaired) electrons. The van der Waals surface area contributed by atoms with E-state index < -0.39 is 6.03 Å². The number of hydrogen-bond donors (Lipinski definition) is 2. The summed E-state index contributed by atoms with van der Waals surface area (Å²) < 4.78 is 1.95. The number of primary amides is 1. The Morgan fingerprint density at radius 1 is 1.56 bits per heavy atom. The summed E-state index contributed by atoms with van der Waals surface area (Å²) >= 11 is 0. The molecule has 0 unspecified atom stereocenters. The predicted octanol–water partition coefficient (Wildman–Crippen LogP) is 1.28. The van der Waals surface area contributed by atoms with Gasteiger partial charge in [0.2, 0.25) is 0 Å². The Morgan fingerprint density at radius 3 is 3.06 bits per heavy atom. The zero-order valence-electron chi connectivity index (χ0n) is 9.63. The predicted molar refractivity (Wildman–Crippen MR) is 71.1 cm³/mol. The largest absolute Gasteiger partial charge is 0.350 e. The minimum Gasteiger partial charge on any atom is -0.350 e. The van der Waals surface area contributed by atoms with Crippen molar-refractivity contribution in [1.82, 2.24) is 9.99 Å². The van der Waals surface area contributed by atoms with Gasteiger partial charge in [-0.15, -0.1) is 6.42 Å². The van der Waals surface area contributed by atoms with Crippen LogP contribution in [0.3, 0.4) is 0 Å². The first-order chi connectivity index (χ1) is 8.72. The third-order valence-electron chi connectivity index (χ3n) is 2.46. The van der Waals surface area contributed by atoms with E-state index in [1.54, 1.807) is 6.21 Å². The van der Waals surface area contributed by atoms with Crippen LogP contribution in [0, 0.1) is 12.3 Å². The van der Waals surface area contributed by atoms with Crippen molar-refractivity contribution < 1.29 is 4.79 Å². The number of terminal acetylenes is 1. The highest BCUT2D eigenvalue weighted by molar-refractivity contribution is 5.99. The molecule has 1 aromatic heterocycles. The molecule has 2 rings (SSSR count). The lowest BCUT2D eigenvalue weighted by Crippen LogP contribution is -2.24. The number of aromatic nitrogens is 1. The average Bonchev–Trinajstić information content (AvgIpc) is 2.69. The van der Waals surface area contributed by atoms with Crippen LogP contribution in [-0.4, -0.2) is 16.8 Å². The molecule has 0 aliphatic carbocycles. The number of para-hydroxylation sites is 1. The SMILES string of the molecule is C#CCn1cc(/C=N\NC(N)=O)c2ccccc21. The minimum atomic E-state index is -0.696. The summed E-state index contributed by atoms with van der Waals surface area (Å²) in [6, 6.07) is 7.12. The standard InChI is InChI=1S/C13H12N4O/c1-2-7-17-9-10(8-15-16-13(14)18)11-5-3-4-6-12(11)17/h1,3-6,8-9H,7H2,(H3,14,16,18)/b15-8-. The highest BCUT2D eigenvalue weighted by Gasteiger charge is 2.05. The van der Waals surface area contributed by atoms with Gasteiger partial charge in [-0.1, -0.05) is 24.1 Å². The summed E-state index contributed by atoms with van der Waals surface area (Å²) in [7, 11) is 0. The number of benzene rings is 1. The molecule has 1 heterocycles. The number of urea groups is 1. The topological polar surface area (TPSA) is 72.4 Å². The van der Waals surface area contributed by atoms with E-state index in [1.807, 2.05) is 35.0 Å². The van der Waals surface area contributed by atoms with E-state index in [1.165, 1.54) is 0 Å². The highest BCUT2D eigenvalue weighted by Crippen LogP contribution is 2.19. The van der Waals surface area contributed by atoms with Crippen LogP contribution >= 0.6 is 0 Å². The number of carbonyl (C=O) groups is 1. The van der Waals surface area contributed by atoms with Gasteiger partial charge in [0, 0.05) is 22.7 Å². The van der Waals surface area contributed by atoms with E-state index in [0.717, 1.165) is 16.5 Å². The quantitative estimate of drug-likeness (QED) is 0.473. The zero-order valence-corrected chi connectivity index (χ0v) is 9.63. The molecule has 2 amide bonds. The Kier molecular flexibility index (Phi) is 3.30. The Bertz CT molecular complexity index is 649. The Labute approximate surface area is 104 Å². The van der Waals surface area contributed by atoms with Gasteiger partial charge in [-0.2, -0.15) is 5.10 Å². The maximum atomic E-state index is 10.5. The van der Waals surface area contributed by atoms with Crippen molar-refractivity contribution in [2.45, 2.75) is 6.54 Å². The van der Waals surface area contributed by atoms with Crippen LogP contribution in [0.4, 0.5) is 4.79 Å². The van der Waals surface area contributed by atoms with E-state index >= 15 is 0 Å². The van der Waals surface area contributed by atoms with Gasteiger partial charge in [0.05, 0.1) is 12.8 Å². The summed E-state index contributed by atoms with van der Waals surface area (Å²) in [5.74, 6) is 2.59. The lowest BCUT2D eigenvalue weighted by atomic mass is 10.2. The molecule has 0 atom stereocenters. The van der Waals surface area contributed by atoms with Gasteiger partial charge < -0.3 is 10.3 Å². The van der Waals surface area contributed by atoms with Gasteiger partial charge in [-0.05, 0) is 6.07 Å². The fourth-order valence-electron chi connectivity index (χ4n) is 1.77. The summed E-state index contributed by atoms with van der Waals surface area (Å²) in [6.07, 6.45) is 8.75. The molecular weight excluding hydrogens is 228 g/mol. The van der Waals surface area contributed by atoms with Crippen molar-refractivity contribution in [3.8, 4) is 12.3 Å². The fraction of sp³-hybridized carbons (Fsp3) is 0.0769. The second-order valence-corrected chi connectivity index (χ2v) is 3.67. The lowest BCUT2D eigenvalue weighted by molar-refractivity contribution is 0.249. The molecule has 3 N–H and O–H groups in total. The number of fused-ring (bicyclic) bond motifs is 1. The maximum Gasteiger partial charge on any atom is 0.332 e. The third kappa shape index (κ3) is 2.33. The number of hydrazone groups is 1. The van der Waals surface area contributed by atoms with Crippen LogP contribution in [0.2, 0.25) is 0 Å². The summed E-state index contributed by atoms with van der Waals surface area (Å²) in [4.78, 5) is 10.5. The normalized spacial score (nSPS) is 10.6. The van der Waals surface area contributed by atoms with Gasteiger partial charge in [-0.3, -0.25) is 0 Å². The number of nitrogens with one attached hydrogen (secondary N) is 1. The molecule has 2 aromatic rings. The van der Waals surface area contributed by atoms with Crippen molar-refractivity contribution in [2.24, 2.45) is 10.8 Å². The first-order valence-corrected chi connectivity index (χ1v) is 5.32. The van der Waals surface area contributed by atoms with E-state index in [-0.39, 0.29) is 0 Å². The molecule has 5 heteroatoms. The maximum absolute atomic E-state index is 10.5. The van der Waals surface area contributed by atoms with E-state index in [0.29, 0.717) is 6.54 Å². The lowest BCUT2D eigenvalue weighted by Gasteiger charge is -1.97. The number of nitrogens with two attached hydrogens (primary N) is 1. The molecule has 0 bridgehead atoms. The third-order valence-corrected chi connectivity index (χ3v) is 2.46. The molecule has 90 valence electrons. The van der Waals surface area contributed by atoms with Gasteiger partial charge in [-0.25, -0.2) is 10.2 Å². The molecule has 18 heavy (non-hydrogen) atoms. The minimum absolute atomic E-state index is 0.484. The Balaban J connectivity index is 2.42. The van der Waals surface area contributed by atoms with Crippen LogP contribution in [0.5, 0.6) is 0 Å². The van der Waals surface area contributed by atoms with Crippen molar-refractivity contribution in [1.29, 1.82) is 0 Å². The second kappa shape index (κ2) is 5.06. The fourth-order valence-corrected chi connectivity index (χ4v) is 1.77. The van der Waals surface area contributed by atoms with E-state index in [9.17, 15) is 4.79 Å². The van der Waals surface area contributed by atoms with Crippen LogP contribution < -0.4 is 11.2 Å². The van der Waals surface area contributed by atoms with E-state index in [2.05, 4.69) is 16.4 Å². The molecule has 0 spiro atoms. The first kappa shape index (κ1) is 11.7. The monoisotopic (exact) mass is 240 g/mol. The molecule has 0 aliphatic heterocycles. The smallest absolute Gasteiger partial charge is 0.332 e. The number of hydrogen-bond acceptors (Lipinski definition) is 2. The Morgan fingerprint density at radius 2 is 2.33 bits per heavy atom. The summed E-state index contributed by atoms with van der Waals surface area (Å²) in [5.41, 5.74) is 8.98. The number of amides is 2. The van der Waals surface area contributed by atoms with E-state index in [4.69, 9.17) is 12.2 Å². The van der Waals surface area contributed by atoms with Crippen molar-refractivity contribution >= 4 is 23.1 Å². The number of rotatable bonds is 3. The van der Waals surface area contributed by atoms with Crippen LogP contribution in [0.15, 0.2) is 35.6 Å². The molecule has 1 aromatic carbocycles. The molecule has 0 aliphatic rings. The Hall–Kier alpha value is -2.74. The second-order valence-electron chi connectivity index (χ2n) is 3.67. The van der Waals surface area contributed by atoms with Crippen LogP contribution in [0.25, 0.3) is 10.9 Å². The van der Waals surface area contributed by atoms with Gasteiger partial charge in [0.15, 0.2) is 0 Å². The van der Waals surface area contributed by atoms with Crippen molar-refractivity contribution in [2.75, 3.05) is 0 Å². The van der Waals surface area contributed by atoms with Crippen molar-refractivity contribution in [3.63, 3.8) is 0 Å². The first-order valence-electron chi connectivity index (χ1n) is 5.32. The summed E-state index contributed by atoms with van der Waals surface area (Å²) in [6.45, 7) is 0.484. The van der Waals surface area contributed by atoms with Crippen molar-refractivity contribution in [3.05, 3.63) is 36.0 Å². The highest BCUT2D eigenvalue weighted by atomic mass is 16.2.